The summed E-state index contributed by atoms with van der Waals surface area (Å²) in [6, 6.07) is 13.6. The van der Waals surface area contributed by atoms with Crippen LogP contribution in [-0.4, -0.2) is 6.54 Å². The Kier molecular flexibility index (Phi) is 5.24. The zero-order valence-electron chi connectivity index (χ0n) is 11.6. The van der Waals surface area contributed by atoms with E-state index in [1.54, 1.807) is 0 Å². The molecule has 0 spiro atoms. The van der Waals surface area contributed by atoms with E-state index >= 15 is 0 Å². The number of benzene rings is 2. The second-order valence-electron chi connectivity index (χ2n) is 4.93. The van der Waals surface area contributed by atoms with Crippen molar-refractivity contribution in [3.8, 4) is 0 Å². The summed E-state index contributed by atoms with van der Waals surface area (Å²) in [7, 11) is 0. The lowest BCUT2D eigenvalue weighted by molar-refractivity contribution is 0.513. The van der Waals surface area contributed by atoms with Crippen molar-refractivity contribution in [3.05, 3.63) is 71.3 Å². The summed E-state index contributed by atoms with van der Waals surface area (Å²) in [5.74, 6) is -0.770. The maximum atomic E-state index is 13.6. The molecule has 3 heteroatoms. The molecule has 106 valence electrons. The lowest BCUT2D eigenvalue weighted by Gasteiger charge is -2.15. The highest BCUT2D eigenvalue weighted by Crippen LogP contribution is 2.17. The highest BCUT2D eigenvalue weighted by Gasteiger charge is 2.11. The highest BCUT2D eigenvalue weighted by atomic mass is 19.1. The second-order valence-corrected chi connectivity index (χ2v) is 4.93. The normalized spacial score (nSPS) is 12.3. The molecule has 1 atom stereocenters. The molecule has 2 rings (SSSR count). The Balaban J connectivity index is 1.80. The Hall–Kier alpha value is -1.74. The minimum absolute atomic E-state index is 0.193. The Morgan fingerprint density at radius 1 is 1.05 bits per heavy atom. The van der Waals surface area contributed by atoms with Crippen LogP contribution in [-0.2, 0) is 6.42 Å². The van der Waals surface area contributed by atoms with E-state index < -0.39 is 5.82 Å². The quantitative estimate of drug-likeness (QED) is 0.777. The van der Waals surface area contributed by atoms with Crippen molar-refractivity contribution in [2.45, 2.75) is 25.8 Å². The van der Waals surface area contributed by atoms with Gasteiger partial charge in [0.25, 0.3) is 0 Å². The third-order valence-electron chi connectivity index (χ3n) is 3.36. The van der Waals surface area contributed by atoms with Crippen LogP contribution in [0, 0.1) is 11.6 Å². The molecule has 0 aliphatic carbocycles. The molecule has 0 saturated heterocycles. The van der Waals surface area contributed by atoms with Gasteiger partial charge in [-0.2, -0.15) is 0 Å². The third kappa shape index (κ3) is 4.14. The fourth-order valence-corrected chi connectivity index (χ4v) is 2.21. The number of halogens is 2. The van der Waals surface area contributed by atoms with Crippen molar-refractivity contribution < 1.29 is 8.78 Å². The average Bonchev–Trinajstić information content (AvgIpc) is 2.47. The first-order valence-corrected chi connectivity index (χ1v) is 6.89. The Morgan fingerprint density at radius 2 is 1.80 bits per heavy atom. The van der Waals surface area contributed by atoms with Crippen LogP contribution in [0.3, 0.4) is 0 Å². The summed E-state index contributed by atoms with van der Waals surface area (Å²) in [5.41, 5.74) is 1.67. The van der Waals surface area contributed by atoms with Crippen molar-refractivity contribution in [2.24, 2.45) is 0 Å². The van der Waals surface area contributed by atoms with Gasteiger partial charge < -0.3 is 5.32 Å². The topological polar surface area (TPSA) is 12.0 Å². The Labute approximate surface area is 118 Å². The van der Waals surface area contributed by atoms with Crippen molar-refractivity contribution in [1.82, 2.24) is 5.32 Å². The molecule has 0 aliphatic rings. The Morgan fingerprint density at radius 3 is 2.55 bits per heavy atom. The van der Waals surface area contributed by atoms with Crippen molar-refractivity contribution >= 4 is 0 Å². The van der Waals surface area contributed by atoms with Gasteiger partial charge in [0.15, 0.2) is 0 Å². The minimum atomic E-state index is -0.403. The first kappa shape index (κ1) is 14.7. The van der Waals surface area contributed by atoms with Crippen LogP contribution in [0.5, 0.6) is 0 Å². The van der Waals surface area contributed by atoms with Crippen LogP contribution in [0.4, 0.5) is 8.78 Å². The molecule has 1 N–H and O–H groups in total. The van der Waals surface area contributed by atoms with E-state index in [-0.39, 0.29) is 11.9 Å². The van der Waals surface area contributed by atoms with Crippen LogP contribution in [0.1, 0.15) is 30.5 Å². The van der Waals surface area contributed by atoms with Crippen molar-refractivity contribution in [1.29, 1.82) is 0 Å². The molecule has 2 aromatic carbocycles. The molecule has 0 amide bonds. The monoisotopic (exact) mass is 275 g/mol. The molecule has 0 heterocycles. The fraction of sp³-hybridized carbons (Fsp3) is 0.294. The average molecular weight is 275 g/mol. The van der Waals surface area contributed by atoms with E-state index in [2.05, 4.69) is 17.4 Å². The van der Waals surface area contributed by atoms with E-state index in [0.717, 1.165) is 25.5 Å². The predicted octanol–water partition coefficient (Wildman–Crippen LogP) is 4.25. The van der Waals surface area contributed by atoms with Gasteiger partial charge in [-0.3, -0.25) is 0 Å². The zero-order valence-corrected chi connectivity index (χ0v) is 11.6. The summed E-state index contributed by atoms with van der Waals surface area (Å²) >= 11 is 0. The molecular formula is C17H19F2N. The zero-order chi connectivity index (χ0) is 14.4. The summed E-state index contributed by atoms with van der Waals surface area (Å²) < 4.78 is 26.7. The molecule has 0 aromatic heterocycles. The maximum Gasteiger partial charge on any atom is 0.128 e. The third-order valence-corrected chi connectivity index (χ3v) is 3.36. The molecular weight excluding hydrogens is 256 g/mol. The number of nitrogens with one attached hydrogen (secondary N) is 1. The van der Waals surface area contributed by atoms with Crippen LogP contribution in [0.25, 0.3) is 0 Å². The molecule has 1 nitrogen and oxygen atoms in total. The Bertz CT molecular complexity index is 540. The first-order valence-electron chi connectivity index (χ1n) is 6.89. The molecule has 0 saturated carbocycles. The lowest BCUT2D eigenvalue weighted by atomic mass is 10.1. The van der Waals surface area contributed by atoms with Gasteiger partial charge in [-0.15, -0.1) is 0 Å². The van der Waals surface area contributed by atoms with Gasteiger partial charge >= 0.3 is 0 Å². The van der Waals surface area contributed by atoms with Gasteiger partial charge in [0.2, 0.25) is 0 Å². The van der Waals surface area contributed by atoms with Crippen LogP contribution >= 0.6 is 0 Å². The molecule has 0 bridgehead atoms. The van der Waals surface area contributed by atoms with E-state index in [0.29, 0.717) is 5.56 Å². The van der Waals surface area contributed by atoms with E-state index in [9.17, 15) is 8.78 Å². The van der Waals surface area contributed by atoms with Gasteiger partial charge in [-0.05, 0) is 50.1 Å². The van der Waals surface area contributed by atoms with Gasteiger partial charge in [0.05, 0.1) is 0 Å². The first-order chi connectivity index (χ1) is 9.66. The molecule has 1 unspecified atom stereocenters. The van der Waals surface area contributed by atoms with E-state index in [1.165, 1.54) is 17.7 Å². The number of hydrogen-bond acceptors (Lipinski definition) is 1. The standard InChI is InChI=1S/C17H19F2N/c1-13(16-12-15(18)9-10-17(16)19)20-11-5-8-14-6-3-2-4-7-14/h2-4,6-7,9-10,12-13,20H,5,8,11H2,1H3. The SMILES string of the molecule is CC(NCCCc1ccccc1)c1cc(F)ccc1F. The second kappa shape index (κ2) is 7.15. The molecule has 2 aromatic rings. The van der Waals surface area contributed by atoms with E-state index in [1.807, 2.05) is 25.1 Å². The van der Waals surface area contributed by atoms with Gasteiger partial charge in [-0.1, -0.05) is 30.3 Å². The molecule has 20 heavy (non-hydrogen) atoms. The van der Waals surface area contributed by atoms with Gasteiger partial charge in [0.1, 0.15) is 11.6 Å². The number of rotatable bonds is 6. The van der Waals surface area contributed by atoms with Crippen molar-refractivity contribution in [3.63, 3.8) is 0 Å². The fourth-order valence-electron chi connectivity index (χ4n) is 2.21. The van der Waals surface area contributed by atoms with Crippen LogP contribution in [0.2, 0.25) is 0 Å². The minimum Gasteiger partial charge on any atom is -0.310 e. The van der Waals surface area contributed by atoms with Crippen LogP contribution in [0.15, 0.2) is 48.5 Å². The lowest BCUT2D eigenvalue weighted by Crippen LogP contribution is -2.21. The van der Waals surface area contributed by atoms with Crippen LogP contribution < -0.4 is 5.32 Å². The molecule has 0 fully saturated rings. The summed E-state index contributed by atoms with van der Waals surface area (Å²) in [4.78, 5) is 0. The van der Waals surface area contributed by atoms with Crippen molar-refractivity contribution in [2.75, 3.05) is 6.54 Å². The highest BCUT2D eigenvalue weighted by molar-refractivity contribution is 5.21. The van der Waals surface area contributed by atoms with Gasteiger partial charge in [-0.25, -0.2) is 8.78 Å². The number of hydrogen-bond donors (Lipinski definition) is 1. The summed E-state index contributed by atoms with van der Waals surface area (Å²) in [5, 5.41) is 3.23. The smallest absolute Gasteiger partial charge is 0.128 e. The summed E-state index contributed by atoms with van der Waals surface area (Å²) in [6.45, 7) is 2.62. The largest absolute Gasteiger partial charge is 0.310 e. The molecule has 0 aliphatic heterocycles. The number of aryl methyl sites for hydroxylation is 1. The molecule has 0 radical (unpaired) electrons. The maximum absolute atomic E-state index is 13.6. The van der Waals surface area contributed by atoms with E-state index in [4.69, 9.17) is 0 Å². The van der Waals surface area contributed by atoms with Gasteiger partial charge in [0, 0.05) is 11.6 Å². The predicted molar refractivity (Wildman–Crippen MR) is 77.5 cm³/mol. The summed E-state index contributed by atoms with van der Waals surface area (Å²) in [6.07, 6.45) is 1.94.